The highest BCUT2D eigenvalue weighted by Crippen LogP contribution is 2.17. The van der Waals surface area contributed by atoms with Gasteiger partial charge in [0.2, 0.25) is 0 Å². The van der Waals surface area contributed by atoms with Crippen molar-refractivity contribution < 1.29 is 9.18 Å². The van der Waals surface area contributed by atoms with Crippen molar-refractivity contribution in [2.45, 2.75) is 6.92 Å². The molecule has 4 heteroatoms. The van der Waals surface area contributed by atoms with E-state index in [1.165, 1.54) is 13.0 Å². The molecule has 1 aromatic rings. The van der Waals surface area contributed by atoms with Crippen LogP contribution in [0.5, 0.6) is 0 Å². The molecule has 1 rings (SSSR count). The molecule has 0 aromatic heterocycles. The number of ketones is 1. The van der Waals surface area contributed by atoms with Crippen LogP contribution in [-0.2, 0) is 0 Å². The molecule has 2 nitrogen and oxygen atoms in total. The van der Waals surface area contributed by atoms with Crippen molar-refractivity contribution in [3.05, 3.63) is 32.6 Å². The molecule has 0 N–H and O–H groups in total. The van der Waals surface area contributed by atoms with Gasteiger partial charge in [0.05, 0.1) is 5.56 Å². The van der Waals surface area contributed by atoms with E-state index in [9.17, 15) is 9.18 Å². The van der Waals surface area contributed by atoms with Crippen LogP contribution >= 0.6 is 22.6 Å². The fourth-order valence-electron chi connectivity index (χ4n) is 0.902. The summed E-state index contributed by atoms with van der Waals surface area (Å²) in [5, 5.41) is 8.49. The monoisotopic (exact) mass is 289 g/mol. The maximum absolute atomic E-state index is 13.0. The second kappa shape index (κ2) is 3.83. The molecule has 0 bridgehead atoms. The first kappa shape index (κ1) is 10.1. The Bertz CT molecular complexity index is 409. The smallest absolute Gasteiger partial charge is 0.160 e. The first-order valence-electron chi connectivity index (χ1n) is 3.46. The molecule has 0 unspecified atom stereocenters. The SMILES string of the molecule is CC(=O)c1cc(F)c(C#N)cc1I. The van der Waals surface area contributed by atoms with Gasteiger partial charge in [-0.3, -0.25) is 4.79 Å². The maximum atomic E-state index is 13.0. The average Bonchev–Trinajstić information content (AvgIpc) is 2.07. The lowest BCUT2D eigenvalue weighted by molar-refractivity contribution is 0.101. The van der Waals surface area contributed by atoms with E-state index in [0.29, 0.717) is 9.13 Å². The minimum absolute atomic E-state index is 0.0330. The maximum Gasteiger partial charge on any atom is 0.160 e. The molecular weight excluding hydrogens is 284 g/mol. The molecule has 0 atom stereocenters. The highest BCUT2D eigenvalue weighted by molar-refractivity contribution is 14.1. The van der Waals surface area contributed by atoms with Gasteiger partial charge >= 0.3 is 0 Å². The summed E-state index contributed by atoms with van der Waals surface area (Å²) in [6, 6.07) is 4.18. The van der Waals surface area contributed by atoms with Gasteiger partial charge in [0.1, 0.15) is 11.9 Å². The second-order valence-electron chi connectivity index (χ2n) is 2.48. The minimum atomic E-state index is -0.645. The van der Waals surface area contributed by atoms with E-state index in [0.717, 1.165) is 6.07 Å². The minimum Gasteiger partial charge on any atom is -0.294 e. The Labute approximate surface area is 88.5 Å². The standard InChI is InChI=1S/C9H5FINO/c1-5(13)7-3-8(10)6(4-12)2-9(7)11/h2-3H,1H3. The quantitative estimate of drug-likeness (QED) is 0.588. The summed E-state index contributed by atoms with van der Waals surface area (Å²) in [7, 11) is 0. The van der Waals surface area contributed by atoms with Gasteiger partial charge in [0.25, 0.3) is 0 Å². The van der Waals surface area contributed by atoms with Crippen LogP contribution in [0.3, 0.4) is 0 Å². The van der Waals surface area contributed by atoms with E-state index in [4.69, 9.17) is 5.26 Å². The highest BCUT2D eigenvalue weighted by Gasteiger charge is 2.10. The van der Waals surface area contributed by atoms with E-state index in [1.807, 2.05) is 22.6 Å². The third-order valence-electron chi connectivity index (χ3n) is 1.56. The Morgan fingerprint density at radius 1 is 1.62 bits per heavy atom. The third-order valence-corrected chi connectivity index (χ3v) is 2.45. The van der Waals surface area contributed by atoms with Crippen molar-refractivity contribution in [2.75, 3.05) is 0 Å². The van der Waals surface area contributed by atoms with Crippen molar-refractivity contribution in [2.24, 2.45) is 0 Å². The Morgan fingerprint density at radius 2 is 2.23 bits per heavy atom. The predicted molar refractivity (Wildman–Crippen MR) is 53.8 cm³/mol. The van der Waals surface area contributed by atoms with Gasteiger partial charge in [0, 0.05) is 9.13 Å². The zero-order chi connectivity index (χ0) is 10.0. The molecule has 0 radical (unpaired) electrons. The van der Waals surface area contributed by atoms with E-state index in [2.05, 4.69) is 0 Å². The van der Waals surface area contributed by atoms with Gasteiger partial charge in [-0.2, -0.15) is 5.26 Å². The number of Topliss-reactive ketones (excluding diaryl/α,β-unsaturated/α-hetero) is 1. The summed E-state index contributed by atoms with van der Waals surface area (Å²) >= 11 is 1.90. The lowest BCUT2D eigenvalue weighted by Gasteiger charge is -2.01. The van der Waals surface area contributed by atoms with E-state index < -0.39 is 5.82 Å². The zero-order valence-corrected chi connectivity index (χ0v) is 8.92. The molecule has 0 aliphatic rings. The van der Waals surface area contributed by atoms with Crippen LogP contribution in [0.15, 0.2) is 12.1 Å². The number of benzene rings is 1. The molecule has 0 saturated heterocycles. The van der Waals surface area contributed by atoms with Crippen molar-refractivity contribution in [3.8, 4) is 6.07 Å². The van der Waals surface area contributed by atoms with Gasteiger partial charge in [-0.05, 0) is 41.6 Å². The van der Waals surface area contributed by atoms with Crippen molar-refractivity contribution in [1.82, 2.24) is 0 Å². The molecule has 0 aliphatic heterocycles. The van der Waals surface area contributed by atoms with Gasteiger partial charge in [-0.1, -0.05) is 0 Å². The molecule has 1 aromatic carbocycles. The van der Waals surface area contributed by atoms with Crippen LogP contribution in [0.1, 0.15) is 22.8 Å². The summed E-state index contributed by atoms with van der Waals surface area (Å²) in [6.07, 6.45) is 0. The molecule has 0 amide bonds. The highest BCUT2D eigenvalue weighted by atomic mass is 127. The molecule has 66 valence electrons. The first-order valence-corrected chi connectivity index (χ1v) is 4.54. The fourth-order valence-corrected chi connectivity index (χ4v) is 1.75. The Balaban J connectivity index is 3.39. The van der Waals surface area contributed by atoms with Crippen molar-refractivity contribution in [3.63, 3.8) is 0 Å². The van der Waals surface area contributed by atoms with E-state index in [-0.39, 0.29) is 11.3 Å². The van der Waals surface area contributed by atoms with Crippen LogP contribution in [-0.4, -0.2) is 5.78 Å². The molecule has 0 aliphatic carbocycles. The first-order chi connectivity index (χ1) is 6.06. The van der Waals surface area contributed by atoms with Crippen LogP contribution in [0, 0.1) is 20.7 Å². The summed E-state index contributed by atoms with van der Waals surface area (Å²) in [6.45, 7) is 1.36. The Hall–Kier alpha value is -0.960. The molecule has 0 fully saturated rings. The molecule has 0 saturated carbocycles. The third kappa shape index (κ3) is 2.04. The summed E-state index contributed by atoms with van der Waals surface area (Å²) in [5.41, 5.74) is 0.284. The number of carbonyl (C=O) groups is 1. The van der Waals surface area contributed by atoms with Gasteiger partial charge in [-0.25, -0.2) is 4.39 Å². The number of carbonyl (C=O) groups excluding carboxylic acids is 1. The number of halogens is 2. The number of nitriles is 1. The lowest BCUT2D eigenvalue weighted by atomic mass is 10.1. The topological polar surface area (TPSA) is 40.9 Å². The van der Waals surface area contributed by atoms with Crippen LogP contribution in [0.4, 0.5) is 4.39 Å². The van der Waals surface area contributed by atoms with Crippen LogP contribution < -0.4 is 0 Å². The normalized spacial score (nSPS) is 9.38. The Morgan fingerprint density at radius 3 is 2.69 bits per heavy atom. The lowest BCUT2D eigenvalue weighted by Crippen LogP contribution is -1.99. The number of hydrogen-bond donors (Lipinski definition) is 0. The Kier molecular flexibility index (Phi) is 2.98. The molecule has 0 spiro atoms. The molecular formula is C9H5FINO. The van der Waals surface area contributed by atoms with Crippen LogP contribution in [0.2, 0.25) is 0 Å². The number of hydrogen-bond acceptors (Lipinski definition) is 2. The van der Waals surface area contributed by atoms with Crippen molar-refractivity contribution >= 4 is 28.4 Å². The molecule has 13 heavy (non-hydrogen) atoms. The van der Waals surface area contributed by atoms with Gasteiger partial charge < -0.3 is 0 Å². The van der Waals surface area contributed by atoms with Gasteiger partial charge in [0.15, 0.2) is 5.78 Å². The fraction of sp³-hybridized carbons (Fsp3) is 0.111. The summed E-state index contributed by atoms with van der Waals surface area (Å²) in [5.74, 6) is -0.846. The number of nitrogens with zero attached hydrogens (tertiary/aromatic N) is 1. The number of rotatable bonds is 1. The van der Waals surface area contributed by atoms with E-state index >= 15 is 0 Å². The largest absolute Gasteiger partial charge is 0.294 e. The second-order valence-corrected chi connectivity index (χ2v) is 3.64. The summed E-state index contributed by atoms with van der Waals surface area (Å²) < 4.78 is 13.6. The molecule has 0 heterocycles. The van der Waals surface area contributed by atoms with Crippen LogP contribution in [0.25, 0.3) is 0 Å². The van der Waals surface area contributed by atoms with E-state index in [1.54, 1.807) is 6.07 Å². The predicted octanol–water partition coefficient (Wildman–Crippen LogP) is 2.50. The zero-order valence-electron chi connectivity index (χ0n) is 6.77. The van der Waals surface area contributed by atoms with Gasteiger partial charge in [-0.15, -0.1) is 0 Å². The average molecular weight is 289 g/mol. The summed E-state index contributed by atoms with van der Waals surface area (Å²) in [4.78, 5) is 11.0. The van der Waals surface area contributed by atoms with Crippen molar-refractivity contribution in [1.29, 1.82) is 5.26 Å².